The molecule has 1 aliphatic carbocycles. The summed E-state index contributed by atoms with van der Waals surface area (Å²) in [4.78, 5) is 0. The van der Waals surface area contributed by atoms with E-state index in [1.807, 2.05) is 0 Å². The van der Waals surface area contributed by atoms with Crippen LogP contribution in [0, 0.1) is 0 Å². The van der Waals surface area contributed by atoms with Crippen LogP contribution in [0.4, 0.5) is 0 Å². The molecule has 17 heavy (non-hydrogen) atoms. The molecular weight excluding hydrogens is 216 g/mol. The van der Waals surface area contributed by atoms with Crippen LogP contribution in [0.5, 0.6) is 0 Å². The van der Waals surface area contributed by atoms with Crippen LogP contribution in [-0.4, -0.2) is 21.5 Å². The molecule has 2 aromatic rings. The summed E-state index contributed by atoms with van der Waals surface area (Å²) in [6, 6.07) is 0. The zero-order chi connectivity index (χ0) is 11.2. The Kier molecular flexibility index (Phi) is 1.90. The lowest BCUT2D eigenvalue weighted by atomic mass is 10.1. The molecule has 2 aliphatic rings. The van der Waals surface area contributed by atoms with Gasteiger partial charge < -0.3 is 9.84 Å². The molecule has 0 spiro atoms. The molecule has 0 radical (unpaired) electrons. The lowest BCUT2D eigenvalue weighted by Crippen LogP contribution is -2.28. The van der Waals surface area contributed by atoms with Crippen LogP contribution in [0.15, 0.2) is 10.8 Å². The van der Waals surface area contributed by atoms with Crippen LogP contribution in [0.25, 0.3) is 11.3 Å². The maximum atomic E-state index is 5.13. The molecule has 1 N–H and O–H groups in total. The van der Waals surface area contributed by atoms with Crippen LogP contribution in [0.1, 0.15) is 23.4 Å². The van der Waals surface area contributed by atoms with Crippen LogP contribution in [0.3, 0.4) is 0 Å². The fourth-order valence-electron chi connectivity index (χ4n) is 2.84. The van der Waals surface area contributed by atoms with Gasteiger partial charge >= 0.3 is 0 Å². The lowest BCUT2D eigenvalue weighted by Gasteiger charge is -2.15. The molecule has 5 nitrogen and oxygen atoms in total. The Morgan fingerprint density at radius 2 is 2.35 bits per heavy atom. The van der Waals surface area contributed by atoms with Gasteiger partial charge in [0.2, 0.25) is 0 Å². The van der Waals surface area contributed by atoms with Crippen molar-refractivity contribution in [2.75, 3.05) is 6.54 Å². The Hall–Kier alpha value is -1.62. The van der Waals surface area contributed by atoms with Gasteiger partial charge in [-0.3, -0.25) is 4.68 Å². The zero-order valence-corrected chi connectivity index (χ0v) is 9.57. The van der Waals surface area contributed by atoms with E-state index in [4.69, 9.17) is 9.62 Å². The third-order valence-electron chi connectivity index (χ3n) is 3.66. The predicted molar refractivity (Wildman–Crippen MR) is 61.5 cm³/mol. The fourth-order valence-corrected chi connectivity index (χ4v) is 2.84. The highest BCUT2D eigenvalue weighted by atomic mass is 16.5. The number of hydrogen-bond acceptors (Lipinski definition) is 4. The molecular formula is C12H14N4O. The van der Waals surface area contributed by atoms with Gasteiger partial charge in [0.05, 0.1) is 17.9 Å². The molecule has 3 heterocycles. The maximum absolute atomic E-state index is 5.13. The average molecular weight is 230 g/mol. The van der Waals surface area contributed by atoms with Gasteiger partial charge in [-0.2, -0.15) is 5.10 Å². The number of fused-ring (bicyclic) bond motifs is 5. The van der Waals surface area contributed by atoms with Gasteiger partial charge in [-0.15, -0.1) is 0 Å². The molecule has 2 aromatic heterocycles. The summed E-state index contributed by atoms with van der Waals surface area (Å²) in [6.07, 6.45) is 5.00. The molecule has 0 fully saturated rings. The van der Waals surface area contributed by atoms with Gasteiger partial charge in [0.1, 0.15) is 12.0 Å². The highest BCUT2D eigenvalue weighted by Gasteiger charge is 2.27. The first kappa shape index (κ1) is 9.41. The van der Waals surface area contributed by atoms with Crippen molar-refractivity contribution in [1.82, 2.24) is 20.3 Å². The van der Waals surface area contributed by atoms with Crippen molar-refractivity contribution in [2.45, 2.75) is 32.4 Å². The molecule has 5 heteroatoms. The second kappa shape index (κ2) is 3.43. The normalized spacial score (nSPS) is 18.1. The molecule has 0 unspecified atom stereocenters. The molecule has 0 bridgehead atoms. The summed E-state index contributed by atoms with van der Waals surface area (Å²) in [6.45, 7) is 2.84. The SMILES string of the molecule is c1onc2c1CCCc1nn3c(c1-2)CNCC3. The van der Waals surface area contributed by atoms with Gasteiger partial charge in [-0.1, -0.05) is 5.16 Å². The zero-order valence-electron chi connectivity index (χ0n) is 9.57. The minimum absolute atomic E-state index is 0.884. The van der Waals surface area contributed by atoms with Crippen molar-refractivity contribution < 1.29 is 4.52 Å². The predicted octanol–water partition coefficient (Wildman–Crippen LogP) is 1.13. The van der Waals surface area contributed by atoms with E-state index in [-0.39, 0.29) is 0 Å². The molecule has 88 valence electrons. The molecule has 0 amide bonds. The standard InChI is InChI=1S/C12H14N4O/c1-2-8-7-17-15-12(8)11-9(3-1)14-16-5-4-13-6-10(11)16/h7,13H,1-6H2. The number of nitrogens with zero attached hydrogens (tertiary/aromatic N) is 3. The molecule has 4 rings (SSSR count). The second-order valence-electron chi connectivity index (χ2n) is 4.71. The number of rotatable bonds is 0. The van der Waals surface area contributed by atoms with E-state index in [9.17, 15) is 0 Å². The van der Waals surface area contributed by atoms with Crippen molar-refractivity contribution >= 4 is 0 Å². The molecule has 0 atom stereocenters. The summed E-state index contributed by atoms with van der Waals surface area (Å²) in [7, 11) is 0. The van der Waals surface area contributed by atoms with Crippen molar-refractivity contribution in [3.8, 4) is 11.3 Å². The summed E-state index contributed by atoms with van der Waals surface area (Å²) >= 11 is 0. The molecule has 1 aliphatic heterocycles. The van der Waals surface area contributed by atoms with Crippen LogP contribution >= 0.6 is 0 Å². The van der Waals surface area contributed by atoms with E-state index in [2.05, 4.69) is 15.2 Å². The van der Waals surface area contributed by atoms with Crippen molar-refractivity contribution in [2.24, 2.45) is 0 Å². The Labute approximate surface area is 98.8 Å². The van der Waals surface area contributed by atoms with Crippen LogP contribution < -0.4 is 5.32 Å². The van der Waals surface area contributed by atoms with Crippen LogP contribution in [0.2, 0.25) is 0 Å². The maximum Gasteiger partial charge on any atom is 0.127 e. The summed E-state index contributed by atoms with van der Waals surface area (Å²) < 4.78 is 7.26. The first-order valence-electron chi connectivity index (χ1n) is 6.16. The van der Waals surface area contributed by atoms with Gasteiger partial charge in [0.15, 0.2) is 0 Å². The lowest BCUT2D eigenvalue weighted by molar-refractivity contribution is 0.420. The van der Waals surface area contributed by atoms with Crippen molar-refractivity contribution in [3.63, 3.8) is 0 Å². The first-order chi connectivity index (χ1) is 8.43. The molecule has 0 aromatic carbocycles. The average Bonchev–Trinajstić information content (AvgIpc) is 2.90. The Balaban J connectivity index is 1.98. The first-order valence-corrected chi connectivity index (χ1v) is 6.16. The number of aryl methyl sites for hydroxylation is 2. The number of nitrogens with one attached hydrogen (secondary N) is 1. The largest absolute Gasteiger partial charge is 0.364 e. The van der Waals surface area contributed by atoms with Crippen LogP contribution in [-0.2, 0) is 25.9 Å². The van der Waals surface area contributed by atoms with E-state index in [0.717, 1.165) is 44.6 Å². The molecule has 0 saturated carbocycles. The van der Waals surface area contributed by atoms with E-state index in [1.54, 1.807) is 6.26 Å². The smallest absolute Gasteiger partial charge is 0.127 e. The second-order valence-corrected chi connectivity index (χ2v) is 4.71. The van der Waals surface area contributed by atoms with E-state index >= 15 is 0 Å². The third-order valence-corrected chi connectivity index (χ3v) is 3.66. The Bertz CT molecular complexity index is 569. The highest BCUT2D eigenvalue weighted by Crippen LogP contribution is 2.34. The number of hydrogen-bond donors (Lipinski definition) is 1. The quantitative estimate of drug-likeness (QED) is 0.737. The van der Waals surface area contributed by atoms with Gasteiger partial charge in [0, 0.05) is 24.2 Å². The van der Waals surface area contributed by atoms with Gasteiger partial charge in [0.25, 0.3) is 0 Å². The summed E-state index contributed by atoms with van der Waals surface area (Å²) in [5, 5.41) is 12.3. The van der Waals surface area contributed by atoms with E-state index < -0.39 is 0 Å². The minimum atomic E-state index is 0.884. The monoisotopic (exact) mass is 230 g/mol. The van der Waals surface area contributed by atoms with Gasteiger partial charge in [-0.05, 0) is 19.3 Å². The van der Waals surface area contributed by atoms with Gasteiger partial charge in [-0.25, -0.2) is 0 Å². The van der Waals surface area contributed by atoms with Crippen molar-refractivity contribution in [1.29, 1.82) is 0 Å². The minimum Gasteiger partial charge on any atom is -0.364 e. The molecule has 0 saturated heterocycles. The Morgan fingerprint density at radius 1 is 1.35 bits per heavy atom. The summed E-state index contributed by atoms with van der Waals surface area (Å²) in [5.74, 6) is 0. The third kappa shape index (κ3) is 1.29. The topological polar surface area (TPSA) is 55.9 Å². The Morgan fingerprint density at radius 3 is 3.35 bits per heavy atom. The fraction of sp³-hybridized carbons (Fsp3) is 0.500. The van der Waals surface area contributed by atoms with E-state index in [0.29, 0.717) is 0 Å². The summed E-state index contributed by atoms with van der Waals surface area (Å²) in [5.41, 5.74) is 5.92. The highest BCUT2D eigenvalue weighted by molar-refractivity contribution is 5.69. The van der Waals surface area contributed by atoms with E-state index in [1.165, 1.54) is 22.5 Å². The van der Waals surface area contributed by atoms with Crippen molar-refractivity contribution in [3.05, 3.63) is 23.2 Å². The number of aromatic nitrogens is 3.